The summed E-state index contributed by atoms with van der Waals surface area (Å²) < 4.78 is 38.7. The highest BCUT2D eigenvalue weighted by atomic mass is 19.4. The lowest BCUT2D eigenvalue weighted by Crippen LogP contribution is -2.52. The van der Waals surface area contributed by atoms with Crippen LogP contribution >= 0.6 is 0 Å². The minimum absolute atomic E-state index is 0.154. The van der Waals surface area contributed by atoms with Gasteiger partial charge in [-0.2, -0.15) is 13.2 Å². The SMILES string of the molecule is Cc1ccc(C(F)(F)F)cc1C(=O)N1CCN([C@H]2CCNC2)CC1. The van der Waals surface area contributed by atoms with Crippen molar-refractivity contribution in [1.29, 1.82) is 0 Å². The van der Waals surface area contributed by atoms with Crippen LogP contribution in [-0.2, 0) is 6.18 Å². The van der Waals surface area contributed by atoms with Gasteiger partial charge in [0.25, 0.3) is 5.91 Å². The molecule has 2 saturated heterocycles. The first-order valence-corrected chi connectivity index (χ1v) is 8.28. The molecule has 7 heteroatoms. The van der Waals surface area contributed by atoms with Crippen LogP contribution in [0.3, 0.4) is 0 Å². The fourth-order valence-corrected chi connectivity index (χ4v) is 3.44. The van der Waals surface area contributed by atoms with Gasteiger partial charge in [-0.25, -0.2) is 0 Å². The molecule has 0 unspecified atom stereocenters. The molecule has 0 aliphatic carbocycles. The maximum atomic E-state index is 12.9. The van der Waals surface area contributed by atoms with E-state index in [1.807, 2.05) is 0 Å². The Bertz CT molecular complexity index is 604. The fourth-order valence-electron chi connectivity index (χ4n) is 3.44. The topological polar surface area (TPSA) is 35.6 Å². The zero-order chi connectivity index (χ0) is 17.3. The second-order valence-electron chi connectivity index (χ2n) is 6.50. The highest BCUT2D eigenvalue weighted by Gasteiger charge is 2.33. The van der Waals surface area contributed by atoms with E-state index >= 15 is 0 Å². The molecule has 132 valence electrons. The van der Waals surface area contributed by atoms with Gasteiger partial charge in [0.05, 0.1) is 5.56 Å². The molecule has 24 heavy (non-hydrogen) atoms. The Morgan fingerprint density at radius 2 is 1.92 bits per heavy atom. The second-order valence-corrected chi connectivity index (χ2v) is 6.50. The van der Waals surface area contributed by atoms with Crippen molar-refractivity contribution in [1.82, 2.24) is 15.1 Å². The van der Waals surface area contributed by atoms with Crippen LogP contribution in [0.5, 0.6) is 0 Å². The zero-order valence-corrected chi connectivity index (χ0v) is 13.7. The number of aryl methyl sites for hydroxylation is 1. The number of nitrogens with zero attached hydrogens (tertiary/aromatic N) is 2. The molecule has 1 amide bonds. The zero-order valence-electron chi connectivity index (χ0n) is 13.7. The molecule has 0 bridgehead atoms. The number of amides is 1. The highest BCUT2D eigenvalue weighted by Crippen LogP contribution is 2.31. The molecule has 0 saturated carbocycles. The predicted octanol–water partition coefficient (Wildman–Crippen LogP) is 2.13. The average Bonchev–Trinajstić information content (AvgIpc) is 3.08. The number of nitrogens with one attached hydrogen (secondary N) is 1. The molecule has 2 fully saturated rings. The quantitative estimate of drug-likeness (QED) is 0.895. The molecular weight excluding hydrogens is 319 g/mol. The average molecular weight is 341 g/mol. The van der Waals surface area contributed by atoms with Crippen LogP contribution in [0, 0.1) is 6.92 Å². The minimum Gasteiger partial charge on any atom is -0.336 e. The van der Waals surface area contributed by atoms with E-state index in [4.69, 9.17) is 0 Å². The smallest absolute Gasteiger partial charge is 0.336 e. The van der Waals surface area contributed by atoms with Crippen molar-refractivity contribution in [3.8, 4) is 0 Å². The van der Waals surface area contributed by atoms with E-state index in [2.05, 4.69) is 10.2 Å². The molecule has 0 aromatic heterocycles. The maximum absolute atomic E-state index is 12.9. The van der Waals surface area contributed by atoms with Crippen LogP contribution in [0.15, 0.2) is 18.2 Å². The van der Waals surface area contributed by atoms with Gasteiger partial charge >= 0.3 is 6.18 Å². The summed E-state index contributed by atoms with van der Waals surface area (Å²) in [5.41, 5.74) is -0.0386. The van der Waals surface area contributed by atoms with Gasteiger partial charge in [0, 0.05) is 44.3 Å². The molecule has 1 aromatic rings. The summed E-state index contributed by atoms with van der Waals surface area (Å²) in [5.74, 6) is -0.303. The van der Waals surface area contributed by atoms with Crippen molar-refractivity contribution in [3.63, 3.8) is 0 Å². The van der Waals surface area contributed by atoms with Crippen LogP contribution in [0.1, 0.15) is 27.9 Å². The number of carbonyl (C=O) groups excluding carboxylic acids is 1. The number of piperazine rings is 1. The lowest BCUT2D eigenvalue weighted by molar-refractivity contribution is -0.137. The molecule has 1 aromatic carbocycles. The van der Waals surface area contributed by atoms with Gasteiger partial charge in [0.15, 0.2) is 0 Å². The Morgan fingerprint density at radius 1 is 1.21 bits per heavy atom. The molecule has 4 nitrogen and oxygen atoms in total. The molecule has 1 N–H and O–H groups in total. The van der Waals surface area contributed by atoms with Gasteiger partial charge in [-0.3, -0.25) is 9.69 Å². The molecule has 2 aliphatic heterocycles. The highest BCUT2D eigenvalue weighted by molar-refractivity contribution is 5.96. The third-order valence-corrected chi connectivity index (χ3v) is 4.95. The Kier molecular flexibility index (Phi) is 4.83. The number of hydrogen-bond acceptors (Lipinski definition) is 3. The molecule has 2 heterocycles. The first-order valence-electron chi connectivity index (χ1n) is 8.28. The lowest BCUT2D eigenvalue weighted by atomic mass is 10.0. The van der Waals surface area contributed by atoms with Gasteiger partial charge in [-0.1, -0.05) is 6.07 Å². The monoisotopic (exact) mass is 341 g/mol. The normalized spacial score (nSPS) is 22.8. The summed E-state index contributed by atoms with van der Waals surface area (Å²) in [4.78, 5) is 16.7. The second kappa shape index (κ2) is 6.72. The third kappa shape index (κ3) is 3.57. The summed E-state index contributed by atoms with van der Waals surface area (Å²) in [6.07, 6.45) is -3.32. The van der Waals surface area contributed by atoms with Crippen LogP contribution < -0.4 is 5.32 Å². The van der Waals surface area contributed by atoms with E-state index in [0.29, 0.717) is 24.7 Å². The van der Waals surface area contributed by atoms with E-state index in [9.17, 15) is 18.0 Å². The lowest BCUT2D eigenvalue weighted by Gasteiger charge is -2.38. The van der Waals surface area contributed by atoms with Crippen molar-refractivity contribution in [2.24, 2.45) is 0 Å². The Hall–Kier alpha value is -1.60. The number of benzene rings is 1. The van der Waals surface area contributed by atoms with Crippen molar-refractivity contribution in [2.75, 3.05) is 39.3 Å². The van der Waals surface area contributed by atoms with Crippen molar-refractivity contribution < 1.29 is 18.0 Å². The summed E-state index contributed by atoms with van der Waals surface area (Å²) in [6, 6.07) is 3.89. The summed E-state index contributed by atoms with van der Waals surface area (Å²) in [7, 11) is 0. The van der Waals surface area contributed by atoms with E-state index in [1.165, 1.54) is 6.07 Å². The summed E-state index contributed by atoms with van der Waals surface area (Å²) >= 11 is 0. The molecule has 0 radical (unpaired) electrons. The Balaban J connectivity index is 1.69. The van der Waals surface area contributed by atoms with Gasteiger partial charge in [0.1, 0.15) is 0 Å². The molecular formula is C17H22F3N3O. The molecule has 1 atom stereocenters. The molecule has 0 spiro atoms. The van der Waals surface area contributed by atoms with Crippen molar-refractivity contribution in [3.05, 3.63) is 34.9 Å². The van der Waals surface area contributed by atoms with Gasteiger partial charge in [-0.15, -0.1) is 0 Å². The number of carbonyl (C=O) groups is 1. The van der Waals surface area contributed by atoms with E-state index < -0.39 is 11.7 Å². The van der Waals surface area contributed by atoms with E-state index in [-0.39, 0.29) is 11.5 Å². The number of hydrogen-bond donors (Lipinski definition) is 1. The minimum atomic E-state index is -4.43. The Labute approximate surface area is 139 Å². The summed E-state index contributed by atoms with van der Waals surface area (Å²) in [5, 5.41) is 3.33. The van der Waals surface area contributed by atoms with Crippen molar-refractivity contribution >= 4 is 5.91 Å². The van der Waals surface area contributed by atoms with E-state index in [1.54, 1.807) is 11.8 Å². The molecule has 3 rings (SSSR count). The molecule has 2 aliphatic rings. The van der Waals surface area contributed by atoms with Gasteiger partial charge in [0.2, 0.25) is 0 Å². The first kappa shape index (κ1) is 17.2. The predicted molar refractivity (Wildman–Crippen MR) is 84.9 cm³/mol. The third-order valence-electron chi connectivity index (χ3n) is 4.95. The van der Waals surface area contributed by atoms with Gasteiger partial charge in [-0.05, 0) is 37.6 Å². The fraction of sp³-hybridized carbons (Fsp3) is 0.588. The standard InChI is InChI=1S/C17H22F3N3O/c1-12-2-3-13(17(18,19)20)10-15(12)16(24)23-8-6-22(7-9-23)14-4-5-21-11-14/h2-3,10,14,21H,4-9,11H2,1H3/t14-/m0/s1. The Morgan fingerprint density at radius 3 is 2.50 bits per heavy atom. The number of halogens is 3. The van der Waals surface area contributed by atoms with Crippen LogP contribution in [0.2, 0.25) is 0 Å². The first-order chi connectivity index (χ1) is 11.4. The van der Waals surface area contributed by atoms with Crippen LogP contribution in [-0.4, -0.2) is 61.0 Å². The van der Waals surface area contributed by atoms with Gasteiger partial charge < -0.3 is 10.2 Å². The van der Waals surface area contributed by atoms with Crippen molar-refractivity contribution in [2.45, 2.75) is 25.6 Å². The van der Waals surface area contributed by atoms with Crippen LogP contribution in [0.4, 0.5) is 13.2 Å². The maximum Gasteiger partial charge on any atom is 0.416 e. The number of rotatable bonds is 2. The van der Waals surface area contributed by atoms with E-state index in [0.717, 1.165) is 44.7 Å². The largest absolute Gasteiger partial charge is 0.416 e. The summed E-state index contributed by atoms with van der Waals surface area (Å²) in [6.45, 7) is 6.34. The van der Waals surface area contributed by atoms with Crippen LogP contribution in [0.25, 0.3) is 0 Å². The number of alkyl halides is 3.